The lowest BCUT2D eigenvalue weighted by atomic mass is 9.75. The highest BCUT2D eigenvalue weighted by molar-refractivity contribution is 9.10. The van der Waals surface area contributed by atoms with Gasteiger partial charge in [-0.15, -0.1) is 0 Å². The minimum Gasteiger partial charge on any atom is -0.349 e. The van der Waals surface area contributed by atoms with Crippen molar-refractivity contribution in [2.45, 2.75) is 52.5 Å². The maximum Gasteiger partial charge on any atom is 0.252 e. The monoisotopic (exact) mass is 323 g/mol. The van der Waals surface area contributed by atoms with Gasteiger partial charge >= 0.3 is 0 Å². The van der Waals surface area contributed by atoms with Gasteiger partial charge in [-0.25, -0.2) is 0 Å². The number of halogens is 1. The molecule has 0 aliphatic heterocycles. The lowest BCUT2D eigenvalue weighted by molar-refractivity contribution is 0.0908. The number of benzene rings is 1. The van der Waals surface area contributed by atoms with E-state index >= 15 is 0 Å². The molecule has 2 nitrogen and oxygen atoms in total. The summed E-state index contributed by atoms with van der Waals surface area (Å²) < 4.78 is 0.867. The van der Waals surface area contributed by atoms with Gasteiger partial charge in [0.05, 0.1) is 5.56 Å². The van der Waals surface area contributed by atoms with Crippen molar-refractivity contribution in [2.24, 2.45) is 5.41 Å². The van der Waals surface area contributed by atoms with Crippen molar-refractivity contribution in [3.05, 3.63) is 33.8 Å². The Balaban J connectivity index is 2.00. The average Bonchev–Trinajstić information content (AvgIpc) is 2.35. The lowest BCUT2D eigenvalue weighted by Crippen LogP contribution is -2.39. The largest absolute Gasteiger partial charge is 0.349 e. The van der Waals surface area contributed by atoms with Gasteiger partial charge in [0.2, 0.25) is 0 Å². The van der Waals surface area contributed by atoms with Crippen molar-refractivity contribution in [2.75, 3.05) is 0 Å². The van der Waals surface area contributed by atoms with E-state index in [0.29, 0.717) is 11.5 Å². The molecule has 2 rings (SSSR count). The first kappa shape index (κ1) is 14.6. The summed E-state index contributed by atoms with van der Waals surface area (Å²) in [5, 5.41) is 3.17. The van der Waals surface area contributed by atoms with Gasteiger partial charge in [0.15, 0.2) is 0 Å². The molecule has 1 N–H and O–H groups in total. The number of nitrogens with one attached hydrogen (secondary N) is 1. The summed E-state index contributed by atoms with van der Waals surface area (Å²) in [6.07, 6.45) is 4.55. The van der Waals surface area contributed by atoms with Gasteiger partial charge < -0.3 is 5.32 Å². The predicted octanol–water partition coefficient (Wildman–Crippen LogP) is 4.46. The van der Waals surface area contributed by atoms with Crippen LogP contribution in [0.5, 0.6) is 0 Å². The molecule has 0 atom stereocenters. The summed E-state index contributed by atoms with van der Waals surface area (Å²) in [6, 6.07) is 6.21. The van der Waals surface area contributed by atoms with Gasteiger partial charge in [-0.1, -0.05) is 25.5 Å². The third-order valence-electron chi connectivity index (χ3n) is 4.04. The number of aryl methyl sites for hydroxylation is 1. The number of amides is 1. The fourth-order valence-electron chi connectivity index (χ4n) is 2.62. The molecule has 0 unspecified atom stereocenters. The first-order chi connectivity index (χ1) is 8.87. The van der Waals surface area contributed by atoms with Gasteiger partial charge in [0.25, 0.3) is 5.91 Å². The molecule has 19 heavy (non-hydrogen) atoms. The van der Waals surface area contributed by atoms with Crippen LogP contribution in [0, 0.1) is 12.3 Å². The smallest absolute Gasteiger partial charge is 0.252 e. The van der Waals surface area contributed by atoms with Crippen LogP contribution in [0.4, 0.5) is 0 Å². The van der Waals surface area contributed by atoms with Crippen molar-refractivity contribution >= 4 is 21.8 Å². The van der Waals surface area contributed by atoms with Gasteiger partial charge in [0.1, 0.15) is 0 Å². The highest BCUT2D eigenvalue weighted by Gasteiger charge is 2.27. The summed E-state index contributed by atoms with van der Waals surface area (Å²) in [5.74, 6) is 0.0419. The number of hydrogen-bond acceptors (Lipinski definition) is 1. The Morgan fingerprint density at radius 1 is 1.32 bits per heavy atom. The van der Waals surface area contributed by atoms with Gasteiger partial charge in [-0.2, -0.15) is 0 Å². The molecule has 1 saturated carbocycles. The van der Waals surface area contributed by atoms with E-state index in [4.69, 9.17) is 0 Å². The van der Waals surface area contributed by atoms with E-state index in [0.717, 1.165) is 28.4 Å². The molecule has 0 radical (unpaired) electrons. The molecule has 1 amide bonds. The minimum absolute atomic E-state index is 0.0419. The molecule has 1 fully saturated rings. The molecule has 0 heterocycles. The molecule has 1 aromatic carbocycles. The molecule has 104 valence electrons. The van der Waals surface area contributed by atoms with Crippen LogP contribution in [0.25, 0.3) is 0 Å². The van der Waals surface area contributed by atoms with Crippen LogP contribution < -0.4 is 5.32 Å². The Morgan fingerprint density at radius 3 is 2.58 bits per heavy atom. The number of carbonyl (C=O) groups is 1. The Labute approximate surface area is 124 Å². The summed E-state index contributed by atoms with van der Waals surface area (Å²) in [5.41, 5.74) is 2.29. The lowest BCUT2D eigenvalue weighted by Gasteiger charge is -2.34. The zero-order valence-corrected chi connectivity index (χ0v) is 13.5. The summed E-state index contributed by atoms with van der Waals surface area (Å²) in [7, 11) is 0. The Kier molecular flexibility index (Phi) is 4.34. The van der Waals surface area contributed by atoms with E-state index in [-0.39, 0.29) is 5.91 Å². The quantitative estimate of drug-likeness (QED) is 0.855. The minimum atomic E-state index is 0.0419. The van der Waals surface area contributed by atoms with Crippen LogP contribution in [0.3, 0.4) is 0 Å². The summed E-state index contributed by atoms with van der Waals surface area (Å²) in [6.45, 7) is 6.62. The normalized spacial score (nSPS) is 19.2. The molecule has 0 bridgehead atoms. The SMILES string of the molecule is Cc1ccc(Br)c(C(=O)NC2CCC(C)(C)CC2)c1. The highest BCUT2D eigenvalue weighted by atomic mass is 79.9. The van der Waals surface area contributed by atoms with Crippen molar-refractivity contribution in [1.82, 2.24) is 5.32 Å². The second-order valence-corrected chi connectivity index (χ2v) is 7.25. The summed E-state index contributed by atoms with van der Waals surface area (Å²) in [4.78, 5) is 12.3. The standard InChI is InChI=1S/C16H22BrNO/c1-11-4-5-14(17)13(10-11)15(19)18-12-6-8-16(2,3)9-7-12/h4-5,10,12H,6-9H2,1-3H3,(H,18,19). The number of hydrogen-bond donors (Lipinski definition) is 1. The third kappa shape index (κ3) is 3.82. The first-order valence-corrected chi connectivity index (χ1v) is 7.74. The second kappa shape index (κ2) is 5.66. The molecule has 1 aliphatic rings. The van der Waals surface area contributed by atoms with E-state index in [1.165, 1.54) is 12.8 Å². The van der Waals surface area contributed by atoms with Gasteiger partial charge in [-0.05, 0) is 66.1 Å². The Morgan fingerprint density at radius 2 is 1.95 bits per heavy atom. The molecule has 0 saturated heterocycles. The molecular weight excluding hydrogens is 302 g/mol. The van der Waals surface area contributed by atoms with E-state index in [2.05, 4.69) is 35.1 Å². The van der Waals surface area contributed by atoms with E-state index in [1.807, 2.05) is 25.1 Å². The van der Waals surface area contributed by atoms with Crippen LogP contribution in [0.15, 0.2) is 22.7 Å². The average molecular weight is 324 g/mol. The Hall–Kier alpha value is -0.830. The zero-order valence-electron chi connectivity index (χ0n) is 11.9. The molecule has 1 aromatic rings. The van der Waals surface area contributed by atoms with E-state index in [9.17, 15) is 4.79 Å². The maximum absolute atomic E-state index is 12.3. The fourth-order valence-corrected chi connectivity index (χ4v) is 3.05. The van der Waals surface area contributed by atoms with Crippen molar-refractivity contribution in [3.8, 4) is 0 Å². The topological polar surface area (TPSA) is 29.1 Å². The number of rotatable bonds is 2. The third-order valence-corrected chi connectivity index (χ3v) is 4.73. The summed E-state index contributed by atoms with van der Waals surface area (Å²) >= 11 is 3.45. The molecule has 1 aliphatic carbocycles. The van der Waals surface area contributed by atoms with E-state index < -0.39 is 0 Å². The van der Waals surface area contributed by atoms with Gasteiger partial charge in [-0.3, -0.25) is 4.79 Å². The first-order valence-electron chi connectivity index (χ1n) is 6.94. The van der Waals surface area contributed by atoms with Crippen molar-refractivity contribution in [3.63, 3.8) is 0 Å². The zero-order chi connectivity index (χ0) is 14.0. The van der Waals surface area contributed by atoms with Crippen molar-refractivity contribution in [1.29, 1.82) is 0 Å². The van der Waals surface area contributed by atoms with Crippen molar-refractivity contribution < 1.29 is 4.79 Å². The van der Waals surface area contributed by atoms with Gasteiger partial charge in [0, 0.05) is 10.5 Å². The van der Waals surface area contributed by atoms with Crippen LogP contribution in [-0.4, -0.2) is 11.9 Å². The Bertz CT molecular complexity index is 472. The van der Waals surface area contributed by atoms with Crippen LogP contribution in [0.1, 0.15) is 55.5 Å². The molecule has 3 heteroatoms. The highest BCUT2D eigenvalue weighted by Crippen LogP contribution is 2.35. The van der Waals surface area contributed by atoms with E-state index in [1.54, 1.807) is 0 Å². The maximum atomic E-state index is 12.3. The molecule has 0 aromatic heterocycles. The number of carbonyl (C=O) groups excluding carboxylic acids is 1. The molecular formula is C16H22BrNO. The molecule has 0 spiro atoms. The fraction of sp³-hybridized carbons (Fsp3) is 0.562. The second-order valence-electron chi connectivity index (χ2n) is 6.40. The van der Waals surface area contributed by atoms with Crippen LogP contribution in [-0.2, 0) is 0 Å². The predicted molar refractivity (Wildman–Crippen MR) is 82.4 cm³/mol. The van der Waals surface area contributed by atoms with Crippen LogP contribution in [0.2, 0.25) is 0 Å². The van der Waals surface area contributed by atoms with Crippen LogP contribution >= 0.6 is 15.9 Å².